The summed E-state index contributed by atoms with van der Waals surface area (Å²) in [7, 11) is 0. The second-order valence-electron chi connectivity index (χ2n) is 3.50. The Morgan fingerprint density at radius 1 is 1.38 bits per heavy atom. The second-order valence-corrected chi connectivity index (χ2v) is 3.50. The van der Waals surface area contributed by atoms with Crippen LogP contribution in [0.4, 0.5) is 0 Å². The summed E-state index contributed by atoms with van der Waals surface area (Å²) in [6.07, 6.45) is 3.03. The zero-order chi connectivity index (χ0) is 10.7. The molecule has 16 heavy (non-hydrogen) atoms. The Kier molecular flexibility index (Phi) is 4.94. The number of ether oxygens (including phenoxy) is 1. The van der Waals surface area contributed by atoms with Crippen molar-refractivity contribution in [2.24, 2.45) is 0 Å². The van der Waals surface area contributed by atoms with Gasteiger partial charge in [0.15, 0.2) is 0 Å². The summed E-state index contributed by atoms with van der Waals surface area (Å²) in [5.41, 5.74) is 0.721. The van der Waals surface area contributed by atoms with Crippen molar-refractivity contribution in [3.63, 3.8) is 0 Å². The Hall–Kier alpha value is -0.893. The Bertz CT molecular complexity index is 367. The molecule has 1 aromatic heterocycles. The number of carboxylic acid groups (broad SMARTS) is 1. The molecule has 0 spiro atoms. The van der Waals surface area contributed by atoms with E-state index in [1.54, 1.807) is 0 Å². The molecule has 0 aliphatic carbocycles. The van der Waals surface area contributed by atoms with E-state index in [2.05, 4.69) is 9.97 Å². The third-order valence-electron chi connectivity index (χ3n) is 2.54. The summed E-state index contributed by atoms with van der Waals surface area (Å²) in [6.45, 7) is 1.41. The van der Waals surface area contributed by atoms with E-state index >= 15 is 0 Å². The van der Waals surface area contributed by atoms with E-state index in [9.17, 15) is 9.90 Å². The first-order chi connectivity index (χ1) is 7.27. The van der Waals surface area contributed by atoms with Crippen molar-refractivity contribution in [3.05, 3.63) is 23.8 Å². The minimum absolute atomic E-state index is 0. The van der Waals surface area contributed by atoms with E-state index in [1.165, 1.54) is 12.4 Å². The fourth-order valence-corrected chi connectivity index (χ4v) is 1.70. The van der Waals surface area contributed by atoms with Crippen LogP contribution in [-0.4, -0.2) is 29.2 Å². The molecule has 0 unspecified atom stereocenters. The molecule has 0 atom stereocenters. The maximum absolute atomic E-state index is 10.6. The molecule has 0 bridgehead atoms. The fourth-order valence-electron chi connectivity index (χ4n) is 1.70. The molecule has 1 saturated heterocycles. The third-order valence-corrected chi connectivity index (χ3v) is 2.54. The standard InChI is InChI=1S/C10H12N2O3.Li/c13-10(14)9-5-8(11-6-12-9)7-1-3-15-4-2-7;/h5-7H,1-4H2,(H,13,14);/q;+1/p-1. The van der Waals surface area contributed by atoms with Gasteiger partial charge >= 0.3 is 18.9 Å². The van der Waals surface area contributed by atoms with Gasteiger partial charge in [-0.05, 0) is 18.9 Å². The van der Waals surface area contributed by atoms with Gasteiger partial charge in [0, 0.05) is 24.8 Å². The molecule has 2 rings (SSSR count). The molecular weight excluding hydrogens is 203 g/mol. The Morgan fingerprint density at radius 2 is 2.06 bits per heavy atom. The molecule has 2 heterocycles. The van der Waals surface area contributed by atoms with Crippen molar-refractivity contribution in [2.75, 3.05) is 13.2 Å². The van der Waals surface area contributed by atoms with Crippen LogP contribution in [-0.2, 0) is 4.74 Å². The first-order valence-electron chi connectivity index (χ1n) is 4.88. The molecule has 0 radical (unpaired) electrons. The van der Waals surface area contributed by atoms with Crippen LogP contribution < -0.4 is 24.0 Å². The molecular formula is C10H11LiN2O3. The number of carboxylic acids is 1. The predicted octanol–water partition coefficient (Wildman–Crippen LogP) is -3.26. The average Bonchev–Trinajstić information content (AvgIpc) is 2.30. The van der Waals surface area contributed by atoms with Crippen LogP contribution in [0.15, 0.2) is 12.4 Å². The monoisotopic (exact) mass is 214 g/mol. The average molecular weight is 214 g/mol. The maximum Gasteiger partial charge on any atom is 1.00 e. The molecule has 6 heteroatoms. The quantitative estimate of drug-likeness (QED) is 0.483. The number of nitrogens with zero attached hydrogens (tertiary/aromatic N) is 2. The van der Waals surface area contributed by atoms with E-state index < -0.39 is 5.97 Å². The van der Waals surface area contributed by atoms with E-state index in [0.717, 1.165) is 18.5 Å². The Balaban J connectivity index is 0.00000128. The Labute approximate surface area is 105 Å². The zero-order valence-electron chi connectivity index (χ0n) is 9.18. The van der Waals surface area contributed by atoms with Crippen molar-refractivity contribution in [3.8, 4) is 0 Å². The molecule has 1 aromatic rings. The van der Waals surface area contributed by atoms with Gasteiger partial charge in [0.05, 0.1) is 11.7 Å². The molecule has 1 aliphatic rings. The summed E-state index contributed by atoms with van der Waals surface area (Å²) in [5, 5.41) is 10.6. The topological polar surface area (TPSA) is 75.1 Å². The van der Waals surface area contributed by atoms with Gasteiger partial charge in [-0.2, -0.15) is 0 Å². The van der Waals surface area contributed by atoms with Crippen molar-refractivity contribution >= 4 is 5.97 Å². The van der Waals surface area contributed by atoms with Gasteiger partial charge in [0.2, 0.25) is 0 Å². The molecule has 0 saturated carbocycles. The number of carbonyl (C=O) groups is 1. The molecule has 0 N–H and O–H groups in total. The molecule has 0 aromatic carbocycles. The van der Waals surface area contributed by atoms with Gasteiger partial charge in [-0.15, -0.1) is 0 Å². The van der Waals surface area contributed by atoms with Crippen LogP contribution in [0.2, 0.25) is 0 Å². The number of carbonyl (C=O) groups excluding carboxylic acids is 1. The summed E-state index contributed by atoms with van der Waals surface area (Å²) < 4.78 is 5.23. The molecule has 0 amide bonds. The van der Waals surface area contributed by atoms with Crippen LogP contribution in [0.5, 0.6) is 0 Å². The largest absolute Gasteiger partial charge is 1.00 e. The summed E-state index contributed by atoms with van der Waals surface area (Å²) in [4.78, 5) is 18.3. The van der Waals surface area contributed by atoms with Crippen LogP contribution in [0, 0.1) is 0 Å². The smallest absolute Gasteiger partial charge is 0.543 e. The number of hydrogen-bond donors (Lipinski definition) is 0. The normalized spacial score (nSPS) is 16.5. The van der Waals surface area contributed by atoms with E-state index in [-0.39, 0.29) is 30.5 Å². The van der Waals surface area contributed by atoms with Crippen LogP contribution in [0.25, 0.3) is 0 Å². The van der Waals surface area contributed by atoms with Crippen LogP contribution in [0.1, 0.15) is 34.9 Å². The van der Waals surface area contributed by atoms with Crippen molar-refractivity contribution in [1.82, 2.24) is 9.97 Å². The van der Waals surface area contributed by atoms with Gasteiger partial charge in [-0.1, -0.05) is 0 Å². The SMILES string of the molecule is O=C([O-])c1cc(C2CCOCC2)ncn1.[Li+]. The van der Waals surface area contributed by atoms with Gasteiger partial charge in [-0.25, -0.2) is 9.97 Å². The van der Waals surface area contributed by atoms with Gasteiger partial charge < -0.3 is 14.6 Å². The first kappa shape index (κ1) is 13.2. The number of aromatic carboxylic acids is 1. The van der Waals surface area contributed by atoms with Crippen molar-refractivity contribution in [2.45, 2.75) is 18.8 Å². The van der Waals surface area contributed by atoms with E-state index in [1.807, 2.05) is 0 Å². The third kappa shape index (κ3) is 3.05. The summed E-state index contributed by atoms with van der Waals surface area (Å²) >= 11 is 0. The van der Waals surface area contributed by atoms with Gasteiger partial charge in [0.1, 0.15) is 6.33 Å². The van der Waals surface area contributed by atoms with Gasteiger partial charge in [-0.3, -0.25) is 0 Å². The second kappa shape index (κ2) is 5.99. The number of rotatable bonds is 2. The van der Waals surface area contributed by atoms with E-state index in [0.29, 0.717) is 13.2 Å². The van der Waals surface area contributed by atoms with Crippen LogP contribution >= 0.6 is 0 Å². The Morgan fingerprint density at radius 3 is 2.69 bits per heavy atom. The zero-order valence-corrected chi connectivity index (χ0v) is 9.18. The van der Waals surface area contributed by atoms with Crippen LogP contribution in [0.3, 0.4) is 0 Å². The van der Waals surface area contributed by atoms with E-state index in [4.69, 9.17) is 4.74 Å². The predicted molar refractivity (Wildman–Crippen MR) is 49.2 cm³/mol. The number of hydrogen-bond acceptors (Lipinski definition) is 5. The molecule has 1 aliphatic heterocycles. The summed E-state index contributed by atoms with van der Waals surface area (Å²) in [6, 6.07) is 1.49. The van der Waals surface area contributed by atoms with Crippen molar-refractivity contribution < 1.29 is 33.5 Å². The maximum atomic E-state index is 10.6. The summed E-state index contributed by atoms with van der Waals surface area (Å²) in [5.74, 6) is -0.981. The minimum Gasteiger partial charge on any atom is -0.543 e. The van der Waals surface area contributed by atoms with Gasteiger partial charge in [0.25, 0.3) is 0 Å². The molecule has 80 valence electrons. The minimum atomic E-state index is -1.26. The number of aromatic nitrogens is 2. The fraction of sp³-hybridized carbons (Fsp3) is 0.500. The first-order valence-corrected chi connectivity index (χ1v) is 4.88. The van der Waals surface area contributed by atoms with Crippen molar-refractivity contribution in [1.29, 1.82) is 0 Å². The molecule has 5 nitrogen and oxygen atoms in total. The molecule has 1 fully saturated rings.